The Morgan fingerprint density at radius 3 is 2.20 bits per heavy atom. The van der Waals surface area contributed by atoms with Crippen LogP contribution in [-0.2, 0) is 4.79 Å². The molecule has 3 aromatic rings. The molecule has 1 aliphatic carbocycles. The van der Waals surface area contributed by atoms with Crippen molar-refractivity contribution in [3.8, 4) is 11.1 Å². The fourth-order valence-electron chi connectivity index (χ4n) is 4.31. The summed E-state index contributed by atoms with van der Waals surface area (Å²) < 4.78 is 0. The molecule has 1 aliphatic rings. The molecule has 1 amide bonds. The predicted octanol–water partition coefficient (Wildman–Crippen LogP) is 7.48. The molecule has 152 valence electrons. The topological polar surface area (TPSA) is 29.1 Å². The summed E-state index contributed by atoms with van der Waals surface area (Å²) >= 11 is 5.91. The van der Waals surface area contributed by atoms with E-state index >= 15 is 0 Å². The number of hydrogen-bond acceptors (Lipinski definition) is 1. The molecule has 1 fully saturated rings. The van der Waals surface area contributed by atoms with Crippen LogP contribution in [0.4, 0.5) is 5.69 Å². The average Bonchev–Trinajstić information content (AvgIpc) is 2.81. The second-order valence-electron chi connectivity index (χ2n) is 8.03. The molecule has 0 radical (unpaired) electrons. The van der Waals surface area contributed by atoms with Crippen LogP contribution in [0.1, 0.15) is 37.2 Å². The molecule has 0 aromatic heterocycles. The van der Waals surface area contributed by atoms with Crippen molar-refractivity contribution >= 4 is 23.2 Å². The molecule has 2 nitrogen and oxygen atoms in total. The summed E-state index contributed by atoms with van der Waals surface area (Å²) in [5, 5.41) is 3.59. The van der Waals surface area contributed by atoms with Crippen LogP contribution in [0.3, 0.4) is 0 Å². The zero-order valence-corrected chi connectivity index (χ0v) is 17.7. The molecule has 0 saturated heterocycles. The second-order valence-corrected chi connectivity index (χ2v) is 8.46. The maximum atomic E-state index is 12.6. The van der Waals surface area contributed by atoms with Gasteiger partial charge in [0.15, 0.2) is 0 Å². The van der Waals surface area contributed by atoms with Crippen molar-refractivity contribution in [1.29, 1.82) is 0 Å². The van der Waals surface area contributed by atoms with E-state index in [9.17, 15) is 4.79 Å². The molecule has 0 aliphatic heterocycles. The minimum Gasteiger partial charge on any atom is -0.322 e. The van der Waals surface area contributed by atoms with Crippen LogP contribution in [0.2, 0.25) is 5.02 Å². The molecule has 1 N–H and O–H groups in total. The van der Waals surface area contributed by atoms with E-state index in [0.29, 0.717) is 16.5 Å². The molecule has 1 saturated carbocycles. The number of hydrogen-bond donors (Lipinski definition) is 1. The third-order valence-corrected chi connectivity index (χ3v) is 6.33. The van der Waals surface area contributed by atoms with E-state index in [0.717, 1.165) is 31.4 Å². The highest BCUT2D eigenvalue weighted by Crippen LogP contribution is 2.39. The maximum Gasteiger partial charge on any atom is 0.251 e. The lowest BCUT2D eigenvalue weighted by molar-refractivity contribution is -0.113. The van der Waals surface area contributed by atoms with Gasteiger partial charge in [0.1, 0.15) is 0 Å². The zero-order chi connectivity index (χ0) is 20.9. The summed E-state index contributed by atoms with van der Waals surface area (Å²) in [6.07, 6.45) is 4.15. The van der Waals surface area contributed by atoms with Crippen LogP contribution in [0.25, 0.3) is 11.1 Å². The molecule has 0 atom stereocenters. The fourth-order valence-corrected chi connectivity index (χ4v) is 4.43. The van der Waals surface area contributed by atoms with Crippen molar-refractivity contribution in [3.05, 3.63) is 102 Å². The molecular formula is C27H26ClNO. The highest BCUT2D eigenvalue weighted by molar-refractivity contribution is 6.30. The van der Waals surface area contributed by atoms with E-state index in [1.54, 1.807) is 12.1 Å². The Bertz CT molecular complexity index is 1020. The van der Waals surface area contributed by atoms with Gasteiger partial charge in [-0.2, -0.15) is 0 Å². The molecule has 0 spiro atoms. The monoisotopic (exact) mass is 415 g/mol. The van der Waals surface area contributed by atoms with Crippen molar-refractivity contribution in [3.63, 3.8) is 0 Å². The second kappa shape index (κ2) is 9.32. The lowest BCUT2D eigenvalue weighted by Crippen LogP contribution is -2.23. The SMILES string of the molecule is C=C(C(=O)Nc1ccc(Cl)cc1)C1CCC(c2cccc(-c3ccccc3)c2)CC1. The van der Waals surface area contributed by atoms with Crippen LogP contribution >= 0.6 is 11.6 Å². The Kier molecular flexibility index (Phi) is 6.35. The number of carbonyl (C=O) groups is 1. The highest BCUT2D eigenvalue weighted by Gasteiger charge is 2.27. The van der Waals surface area contributed by atoms with Gasteiger partial charge in [0.2, 0.25) is 0 Å². The standard InChI is InChI=1S/C27H26ClNO/c1-19(27(30)29-26-16-14-25(28)15-17-26)20-10-12-22(13-11-20)24-9-5-8-23(18-24)21-6-3-2-4-7-21/h2-9,14-18,20,22H,1,10-13H2,(H,29,30). The normalized spacial score (nSPS) is 18.6. The van der Waals surface area contributed by atoms with Crippen molar-refractivity contribution in [1.82, 2.24) is 0 Å². The number of carbonyl (C=O) groups excluding carboxylic acids is 1. The largest absolute Gasteiger partial charge is 0.322 e. The number of halogens is 1. The molecule has 0 bridgehead atoms. The van der Waals surface area contributed by atoms with E-state index < -0.39 is 0 Å². The summed E-state index contributed by atoms with van der Waals surface area (Å²) in [7, 11) is 0. The van der Waals surface area contributed by atoms with E-state index in [1.165, 1.54) is 16.7 Å². The Hall–Kier alpha value is -2.84. The highest BCUT2D eigenvalue weighted by atomic mass is 35.5. The van der Waals surface area contributed by atoms with Gasteiger partial charge in [-0.15, -0.1) is 0 Å². The van der Waals surface area contributed by atoms with Gasteiger partial charge < -0.3 is 5.32 Å². The van der Waals surface area contributed by atoms with Crippen molar-refractivity contribution < 1.29 is 4.79 Å². The third kappa shape index (κ3) is 4.83. The first kappa shape index (κ1) is 20.4. The third-order valence-electron chi connectivity index (χ3n) is 6.08. The van der Waals surface area contributed by atoms with Gasteiger partial charge >= 0.3 is 0 Å². The summed E-state index contributed by atoms with van der Waals surface area (Å²) in [6, 6.07) is 26.6. The number of anilines is 1. The zero-order valence-electron chi connectivity index (χ0n) is 17.0. The van der Waals surface area contributed by atoms with Gasteiger partial charge in [-0.05, 0) is 78.5 Å². The molecule has 0 heterocycles. The van der Waals surface area contributed by atoms with Crippen molar-refractivity contribution in [2.24, 2.45) is 5.92 Å². The average molecular weight is 416 g/mol. The Labute approximate surface area is 183 Å². The van der Waals surface area contributed by atoms with Gasteiger partial charge in [0.05, 0.1) is 0 Å². The van der Waals surface area contributed by atoms with Crippen LogP contribution in [-0.4, -0.2) is 5.91 Å². The number of benzene rings is 3. The van der Waals surface area contributed by atoms with Gasteiger partial charge in [0, 0.05) is 16.3 Å². The van der Waals surface area contributed by atoms with Crippen LogP contribution in [0.15, 0.2) is 91.0 Å². The molecule has 4 rings (SSSR count). The van der Waals surface area contributed by atoms with Crippen LogP contribution in [0.5, 0.6) is 0 Å². The molecule has 3 heteroatoms. The fraction of sp³-hybridized carbons (Fsp3) is 0.222. The van der Waals surface area contributed by atoms with Gasteiger partial charge in [0.25, 0.3) is 5.91 Å². The minimum absolute atomic E-state index is 0.0909. The van der Waals surface area contributed by atoms with Gasteiger partial charge in [-0.1, -0.05) is 72.8 Å². The minimum atomic E-state index is -0.0909. The summed E-state index contributed by atoms with van der Waals surface area (Å²) in [4.78, 5) is 12.6. The number of amides is 1. The van der Waals surface area contributed by atoms with E-state index in [4.69, 9.17) is 11.6 Å². The molecule has 30 heavy (non-hydrogen) atoms. The lowest BCUT2D eigenvalue weighted by atomic mass is 9.75. The Balaban J connectivity index is 1.36. The summed E-state index contributed by atoms with van der Waals surface area (Å²) in [5.74, 6) is 0.690. The Morgan fingerprint density at radius 1 is 0.833 bits per heavy atom. The predicted molar refractivity (Wildman–Crippen MR) is 126 cm³/mol. The first-order chi connectivity index (χ1) is 14.6. The van der Waals surface area contributed by atoms with E-state index in [-0.39, 0.29) is 11.8 Å². The molecule has 3 aromatic carbocycles. The molecule has 0 unspecified atom stereocenters. The first-order valence-electron chi connectivity index (χ1n) is 10.5. The smallest absolute Gasteiger partial charge is 0.251 e. The van der Waals surface area contributed by atoms with Crippen LogP contribution in [0, 0.1) is 5.92 Å². The first-order valence-corrected chi connectivity index (χ1v) is 10.9. The Morgan fingerprint density at radius 2 is 1.50 bits per heavy atom. The van der Waals surface area contributed by atoms with Gasteiger partial charge in [-0.25, -0.2) is 0 Å². The number of nitrogens with one attached hydrogen (secondary N) is 1. The summed E-state index contributed by atoms with van der Waals surface area (Å²) in [6.45, 7) is 4.11. The summed E-state index contributed by atoms with van der Waals surface area (Å²) in [5.41, 5.74) is 5.34. The van der Waals surface area contributed by atoms with Crippen molar-refractivity contribution in [2.75, 3.05) is 5.32 Å². The maximum absolute atomic E-state index is 12.6. The quantitative estimate of drug-likeness (QED) is 0.430. The van der Waals surface area contributed by atoms with Gasteiger partial charge in [-0.3, -0.25) is 4.79 Å². The molecular weight excluding hydrogens is 390 g/mol. The number of rotatable bonds is 5. The van der Waals surface area contributed by atoms with Crippen molar-refractivity contribution in [2.45, 2.75) is 31.6 Å². The lowest BCUT2D eigenvalue weighted by Gasteiger charge is -2.30. The van der Waals surface area contributed by atoms with E-state index in [1.807, 2.05) is 18.2 Å². The van der Waals surface area contributed by atoms with Crippen LogP contribution < -0.4 is 5.32 Å². The van der Waals surface area contributed by atoms with E-state index in [2.05, 4.69) is 60.4 Å².